The summed E-state index contributed by atoms with van der Waals surface area (Å²) in [5, 5.41) is 0.692. The number of methoxy groups -OCH3 is 1. The molecule has 3 aromatic rings. The van der Waals surface area contributed by atoms with Crippen molar-refractivity contribution in [3.8, 4) is 11.1 Å². The van der Waals surface area contributed by atoms with Crippen molar-refractivity contribution in [1.29, 1.82) is 0 Å². The molecule has 3 heterocycles. The van der Waals surface area contributed by atoms with Crippen LogP contribution in [0.2, 0.25) is 0 Å². The van der Waals surface area contributed by atoms with Crippen LogP contribution in [0.1, 0.15) is 32.9 Å². The third kappa shape index (κ3) is 3.57. The Morgan fingerprint density at radius 2 is 1.87 bits per heavy atom. The minimum atomic E-state index is -0.576. The van der Waals surface area contributed by atoms with Gasteiger partial charge in [-0.15, -0.1) is 11.3 Å². The molecule has 1 saturated heterocycles. The van der Waals surface area contributed by atoms with Crippen molar-refractivity contribution < 1.29 is 14.3 Å². The number of carbonyl (C=O) groups is 2. The van der Waals surface area contributed by atoms with E-state index in [9.17, 15) is 9.59 Å². The number of amides is 1. The quantitative estimate of drug-likeness (QED) is 0.546. The molecule has 1 aliphatic heterocycles. The maximum atomic E-state index is 11.9. The van der Waals surface area contributed by atoms with E-state index in [4.69, 9.17) is 26.9 Å². The van der Waals surface area contributed by atoms with E-state index < -0.39 is 11.9 Å². The standard InChI is InChI=1S/C21H23N5O3S/c1-29-21(28)12-4-2-11(3-5-12)14-10-15(26-8-6-13(22)7-9-26)25-20-16(14)17(23)18(30-20)19(24)27/h2-5,10,13H,6-9,22-23H2,1H3,(H2,24,27). The van der Waals surface area contributed by atoms with Gasteiger partial charge in [-0.2, -0.15) is 0 Å². The van der Waals surface area contributed by atoms with E-state index >= 15 is 0 Å². The van der Waals surface area contributed by atoms with Gasteiger partial charge in [0.15, 0.2) is 0 Å². The molecule has 0 radical (unpaired) electrons. The smallest absolute Gasteiger partial charge is 0.337 e. The van der Waals surface area contributed by atoms with Crippen molar-refractivity contribution in [3.05, 3.63) is 40.8 Å². The van der Waals surface area contributed by atoms with Gasteiger partial charge >= 0.3 is 5.97 Å². The number of hydrogen-bond donors (Lipinski definition) is 3. The topological polar surface area (TPSA) is 138 Å². The third-order valence-corrected chi connectivity index (χ3v) is 6.50. The lowest BCUT2D eigenvalue weighted by atomic mass is 10.00. The molecule has 1 fully saturated rings. The molecule has 0 bridgehead atoms. The highest BCUT2D eigenvalue weighted by atomic mass is 32.1. The van der Waals surface area contributed by atoms with Crippen molar-refractivity contribution in [2.45, 2.75) is 18.9 Å². The fraction of sp³-hybridized carbons (Fsp3) is 0.286. The number of nitrogens with two attached hydrogens (primary N) is 3. The molecule has 1 aromatic carbocycles. The van der Waals surface area contributed by atoms with Gasteiger partial charge in [-0.25, -0.2) is 9.78 Å². The highest BCUT2D eigenvalue weighted by molar-refractivity contribution is 7.21. The number of benzene rings is 1. The Morgan fingerprint density at radius 3 is 2.47 bits per heavy atom. The Balaban J connectivity index is 1.87. The van der Waals surface area contributed by atoms with Gasteiger partial charge in [0.1, 0.15) is 15.5 Å². The first-order valence-electron chi connectivity index (χ1n) is 9.61. The Labute approximate surface area is 177 Å². The summed E-state index contributed by atoms with van der Waals surface area (Å²) < 4.78 is 4.77. The molecule has 156 valence electrons. The van der Waals surface area contributed by atoms with Crippen LogP contribution in [0.25, 0.3) is 21.3 Å². The van der Waals surface area contributed by atoms with Crippen molar-refractivity contribution in [3.63, 3.8) is 0 Å². The number of primary amides is 1. The van der Waals surface area contributed by atoms with Crippen LogP contribution >= 0.6 is 11.3 Å². The number of carbonyl (C=O) groups excluding carboxylic acids is 2. The van der Waals surface area contributed by atoms with E-state index in [2.05, 4.69) is 4.90 Å². The average molecular weight is 426 g/mol. The molecule has 6 N–H and O–H groups in total. The van der Waals surface area contributed by atoms with Crippen LogP contribution in [0.3, 0.4) is 0 Å². The minimum absolute atomic E-state index is 0.203. The lowest BCUT2D eigenvalue weighted by Gasteiger charge is -2.31. The zero-order valence-corrected chi connectivity index (χ0v) is 17.4. The van der Waals surface area contributed by atoms with E-state index in [1.807, 2.05) is 18.2 Å². The van der Waals surface area contributed by atoms with Gasteiger partial charge in [0, 0.05) is 24.5 Å². The molecule has 0 unspecified atom stereocenters. The first-order valence-corrected chi connectivity index (χ1v) is 10.4. The number of ether oxygens (including phenoxy) is 1. The summed E-state index contributed by atoms with van der Waals surface area (Å²) in [5.74, 6) is -0.176. The molecule has 9 heteroatoms. The first kappa shape index (κ1) is 20.1. The predicted octanol–water partition coefficient (Wildman–Crippen LogP) is 2.36. The van der Waals surface area contributed by atoms with Gasteiger partial charge in [0.2, 0.25) is 0 Å². The summed E-state index contributed by atoms with van der Waals surface area (Å²) in [5.41, 5.74) is 20.3. The maximum Gasteiger partial charge on any atom is 0.337 e. The van der Waals surface area contributed by atoms with Gasteiger partial charge < -0.3 is 26.8 Å². The number of piperidine rings is 1. The lowest BCUT2D eigenvalue weighted by Crippen LogP contribution is -2.40. The normalized spacial score (nSPS) is 14.8. The number of pyridine rings is 1. The number of hydrogen-bond acceptors (Lipinski definition) is 8. The van der Waals surface area contributed by atoms with Crippen molar-refractivity contribution in [1.82, 2.24) is 4.98 Å². The Hall–Kier alpha value is -3.17. The largest absolute Gasteiger partial charge is 0.465 e. The fourth-order valence-electron chi connectivity index (χ4n) is 3.71. The second-order valence-electron chi connectivity index (χ2n) is 7.31. The van der Waals surface area contributed by atoms with E-state index in [0.717, 1.165) is 42.9 Å². The summed E-state index contributed by atoms with van der Waals surface area (Å²) in [6.07, 6.45) is 1.78. The van der Waals surface area contributed by atoms with Gasteiger partial charge in [0.05, 0.1) is 18.4 Å². The second-order valence-corrected chi connectivity index (χ2v) is 8.31. The van der Waals surface area contributed by atoms with Crippen LogP contribution in [0, 0.1) is 0 Å². The molecular formula is C21H23N5O3S. The minimum Gasteiger partial charge on any atom is -0.465 e. The summed E-state index contributed by atoms with van der Waals surface area (Å²) in [6.45, 7) is 1.62. The fourth-order valence-corrected chi connectivity index (χ4v) is 4.68. The van der Waals surface area contributed by atoms with E-state index in [-0.39, 0.29) is 6.04 Å². The van der Waals surface area contributed by atoms with E-state index in [1.54, 1.807) is 12.1 Å². The van der Waals surface area contributed by atoms with Crippen LogP contribution in [0.15, 0.2) is 30.3 Å². The molecule has 0 atom stereocenters. The van der Waals surface area contributed by atoms with Crippen LogP contribution in [0.4, 0.5) is 11.5 Å². The predicted molar refractivity (Wildman–Crippen MR) is 119 cm³/mol. The molecule has 0 saturated carbocycles. The SMILES string of the molecule is COC(=O)c1ccc(-c2cc(N3CCC(N)CC3)nc3sc(C(N)=O)c(N)c23)cc1. The number of rotatable bonds is 4. The second kappa shape index (κ2) is 7.92. The van der Waals surface area contributed by atoms with Crippen molar-refractivity contribution in [2.24, 2.45) is 11.5 Å². The molecule has 2 aromatic heterocycles. The number of fused-ring (bicyclic) bond motifs is 1. The highest BCUT2D eigenvalue weighted by Crippen LogP contribution is 2.41. The number of aromatic nitrogens is 1. The van der Waals surface area contributed by atoms with Crippen molar-refractivity contribution >= 4 is 44.9 Å². The van der Waals surface area contributed by atoms with Crippen LogP contribution in [-0.2, 0) is 4.74 Å². The Bertz CT molecular complexity index is 1120. The molecule has 0 spiro atoms. The lowest BCUT2D eigenvalue weighted by molar-refractivity contribution is 0.0600. The summed E-state index contributed by atoms with van der Waals surface area (Å²) >= 11 is 1.20. The summed E-state index contributed by atoms with van der Waals surface area (Å²) in [4.78, 5) is 31.5. The summed E-state index contributed by atoms with van der Waals surface area (Å²) in [6, 6.07) is 9.24. The first-order chi connectivity index (χ1) is 14.4. The zero-order chi connectivity index (χ0) is 21.4. The molecule has 4 rings (SSSR count). The zero-order valence-electron chi connectivity index (χ0n) is 16.6. The van der Waals surface area contributed by atoms with Crippen LogP contribution in [0.5, 0.6) is 0 Å². The third-order valence-electron chi connectivity index (χ3n) is 5.39. The molecule has 1 aliphatic rings. The number of nitrogen functional groups attached to an aromatic ring is 1. The number of thiophene rings is 1. The summed E-state index contributed by atoms with van der Waals surface area (Å²) in [7, 11) is 1.34. The van der Waals surface area contributed by atoms with Crippen LogP contribution in [-0.4, -0.2) is 43.1 Å². The Kier molecular flexibility index (Phi) is 5.31. The number of esters is 1. The number of nitrogens with zero attached hydrogens (tertiary/aromatic N) is 2. The maximum absolute atomic E-state index is 11.9. The van der Waals surface area contributed by atoms with Gasteiger partial charge in [0.25, 0.3) is 5.91 Å². The van der Waals surface area contributed by atoms with E-state index in [0.29, 0.717) is 26.3 Å². The molecule has 0 aliphatic carbocycles. The molecule has 30 heavy (non-hydrogen) atoms. The van der Waals surface area contributed by atoms with Gasteiger partial charge in [-0.1, -0.05) is 12.1 Å². The monoisotopic (exact) mass is 425 g/mol. The van der Waals surface area contributed by atoms with Crippen molar-refractivity contribution in [2.75, 3.05) is 30.8 Å². The molecule has 8 nitrogen and oxygen atoms in total. The van der Waals surface area contributed by atoms with Gasteiger partial charge in [-0.3, -0.25) is 4.79 Å². The average Bonchev–Trinajstić information content (AvgIpc) is 3.10. The molecule has 1 amide bonds. The molecular weight excluding hydrogens is 402 g/mol. The van der Waals surface area contributed by atoms with E-state index in [1.165, 1.54) is 18.4 Å². The number of anilines is 2. The Morgan fingerprint density at radius 1 is 1.20 bits per heavy atom. The van der Waals surface area contributed by atoms with Crippen LogP contribution < -0.4 is 22.1 Å². The highest BCUT2D eigenvalue weighted by Gasteiger charge is 2.23. The van der Waals surface area contributed by atoms with Gasteiger partial charge in [-0.05, 0) is 42.2 Å².